The van der Waals surface area contributed by atoms with Crippen molar-refractivity contribution in [2.24, 2.45) is 0 Å². The molecular formula is C22H26N2O2. The van der Waals surface area contributed by atoms with Crippen LogP contribution in [0.4, 0.5) is 0 Å². The molecule has 1 heterocycles. The van der Waals surface area contributed by atoms with E-state index in [0.717, 1.165) is 23.3 Å². The van der Waals surface area contributed by atoms with E-state index < -0.39 is 6.10 Å². The number of para-hydroxylation sites is 1. The highest BCUT2D eigenvalue weighted by Gasteiger charge is 2.16. The number of H-pyrrole nitrogens is 1. The van der Waals surface area contributed by atoms with Gasteiger partial charge < -0.3 is 15.0 Å². The maximum atomic E-state index is 12.3. The van der Waals surface area contributed by atoms with E-state index in [-0.39, 0.29) is 5.91 Å². The number of rotatable bonds is 7. The van der Waals surface area contributed by atoms with E-state index in [2.05, 4.69) is 48.4 Å². The van der Waals surface area contributed by atoms with Crippen LogP contribution in [0, 0.1) is 0 Å². The molecule has 1 unspecified atom stereocenters. The molecule has 3 aromatic rings. The summed E-state index contributed by atoms with van der Waals surface area (Å²) >= 11 is 0. The first-order valence-corrected chi connectivity index (χ1v) is 9.14. The summed E-state index contributed by atoms with van der Waals surface area (Å²) in [6, 6.07) is 16.3. The van der Waals surface area contributed by atoms with Crippen molar-refractivity contribution in [1.82, 2.24) is 10.3 Å². The summed E-state index contributed by atoms with van der Waals surface area (Å²) in [5, 5.41) is 4.16. The van der Waals surface area contributed by atoms with Gasteiger partial charge in [0, 0.05) is 18.3 Å². The van der Waals surface area contributed by atoms with Crippen molar-refractivity contribution in [2.75, 3.05) is 6.54 Å². The van der Waals surface area contributed by atoms with E-state index in [9.17, 15) is 4.79 Å². The molecular weight excluding hydrogens is 324 g/mol. The maximum absolute atomic E-state index is 12.3. The number of ether oxygens (including phenoxy) is 1. The van der Waals surface area contributed by atoms with Gasteiger partial charge in [0.05, 0.1) is 0 Å². The highest BCUT2D eigenvalue weighted by molar-refractivity contribution is 5.81. The predicted molar refractivity (Wildman–Crippen MR) is 106 cm³/mol. The molecule has 0 radical (unpaired) electrons. The van der Waals surface area contributed by atoms with E-state index in [0.29, 0.717) is 12.5 Å². The fourth-order valence-electron chi connectivity index (χ4n) is 3.04. The molecule has 136 valence electrons. The van der Waals surface area contributed by atoms with Crippen molar-refractivity contribution in [2.45, 2.75) is 39.2 Å². The maximum Gasteiger partial charge on any atom is 0.260 e. The Hall–Kier alpha value is -2.75. The van der Waals surface area contributed by atoms with Crippen molar-refractivity contribution in [3.05, 3.63) is 65.9 Å². The third-order valence-electron chi connectivity index (χ3n) is 4.54. The number of fused-ring (bicyclic) bond motifs is 1. The van der Waals surface area contributed by atoms with Crippen LogP contribution in [0.3, 0.4) is 0 Å². The second kappa shape index (κ2) is 8.09. The molecule has 0 aliphatic rings. The molecule has 0 aliphatic carbocycles. The lowest BCUT2D eigenvalue weighted by Gasteiger charge is -2.18. The minimum absolute atomic E-state index is 0.0914. The molecule has 4 nitrogen and oxygen atoms in total. The largest absolute Gasteiger partial charge is 0.481 e. The van der Waals surface area contributed by atoms with Gasteiger partial charge in [-0.25, -0.2) is 0 Å². The Bertz CT molecular complexity index is 882. The fourth-order valence-corrected chi connectivity index (χ4v) is 3.04. The summed E-state index contributed by atoms with van der Waals surface area (Å²) in [7, 11) is 0. The van der Waals surface area contributed by atoms with E-state index in [1.165, 1.54) is 10.9 Å². The minimum atomic E-state index is -0.526. The summed E-state index contributed by atoms with van der Waals surface area (Å²) in [4.78, 5) is 15.5. The molecule has 2 aromatic carbocycles. The number of benzene rings is 2. The highest BCUT2D eigenvalue weighted by Crippen LogP contribution is 2.26. The number of aromatic nitrogens is 1. The van der Waals surface area contributed by atoms with Crippen LogP contribution in [0.15, 0.2) is 54.7 Å². The number of amides is 1. The minimum Gasteiger partial charge on any atom is -0.481 e. The van der Waals surface area contributed by atoms with Crippen molar-refractivity contribution in [3.63, 3.8) is 0 Å². The van der Waals surface area contributed by atoms with Crippen molar-refractivity contribution in [3.8, 4) is 5.75 Å². The Morgan fingerprint density at radius 2 is 1.92 bits per heavy atom. The number of nitrogens with one attached hydrogen (secondary N) is 2. The van der Waals surface area contributed by atoms with Crippen LogP contribution < -0.4 is 10.1 Å². The van der Waals surface area contributed by atoms with Crippen LogP contribution in [-0.2, 0) is 11.2 Å². The summed E-state index contributed by atoms with van der Waals surface area (Å²) in [5.74, 6) is 1.04. The zero-order valence-corrected chi connectivity index (χ0v) is 15.6. The highest BCUT2D eigenvalue weighted by atomic mass is 16.5. The third kappa shape index (κ3) is 4.26. The Balaban J connectivity index is 1.53. The topological polar surface area (TPSA) is 54.1 Å². The Kier molecular flexibility index (Phi) is 5.61. The quantitative estimate of drug-likeness (QED) is 0.663. The Morgan fingerprint density at radius 1 is 1.12 bits per heavy atom. The third-order valence-corrected chi connectivity index (χ3v) is 4.54. The second-order valence-corrected chi connectivity index (χ2v) is 6.89. The van der Waals surface area contributed by atoms with Gasteiger partial charge in [-0.2, -0.15) is 0 Å². The fraction of sp³-hybridized carbons (Fsp3) is 0.318. The smallest absolute Gasteiger partial charge is 0.260 e. The van der Waals surface area contributed by atoms with E-state index in [1.807, 2.05) is 30.5 Å². The van der Waals surface area contributed by atoms with Crippen molar-refractivity contribution < 1.29 is 9.53 Å². The molecule has 2 N–H and O–H groups in total. The average molecular weight is 350 g/mol. The van der Waals surface area contributed by atoms with Crippen LogP contribution in [0.25, 0.3) is 10.9 Å². The van der Waals surface area contributed by atoms with Gasteiger partial charge in [-0.1, -0.05) is 38.1 Å². The van der Waals surface area contributed by atoms with Gasteiger partial charge in [-0.3, -0.25) is 4.79 Å². The SMILES string of the molecule is CC(Oc1ccccc1C(C)C)C(=O)NCCc1ccc2[nH]ccc2c1. The summed E-state index contributed by atoms with van der Waals surface area (Å²) in [6.45, 7) is 6.62. The molecule has 26 heavy (non-hydrogen) atoms. The van der Waals surface area contributed by atoms with Gasteiger partial charge >= 0.3 is 0 Å². The zero-order valence-electron chi connectivity index (χ0n) is 15.6. The Morgan fingerprint density at radius 3 is 2.73 bits per heavy atom. The van der Waals surface area contributed by atoms with Gasteiger partial charge in [0.2, 0.25) is 0 Å². The summed E-state index contributed by atoms with van der Waals surface area (Å²) in [6.07, 6.45) is 2.20. The molecule has 0 fully saturated rings. The predicted octanol–water partition coefficient (Wildman–Crippen LogP) is 4.42. The monoisotopic (exact) mass is 350 g/mol. The Labute approximate surface area is 154 Å². The van der Waals surface area contributed by atoms with Gasteiger partial charge in [-0.05, 0) is 60.0 Å². The average Bonchev–Trinajstić information content (AvgIpc) is 3.09. The molecule has 0 bridgehead atoms. The van der Waals surface area contributed by atoms with Crippen LogP contribution in [-0.4, -0.2) is 23.5 Å². The van der Waals surface area contributed by atoms with Crippen LogP contribution in [0.5, 0.6) is 5.75 Å². The lowest BCUT2D eigenvalue weighted by Crippen LogP contribution is -2.37. The van der Waals surface area contributed by atoms with Gasteiger partial charge in [-0.15, -0.1) is 0 Å². The summed E-state index contributed by atoms with van der Waals surface area (Å²) in [5.41, 5.74) is 3.45. The van der Waals surface area contributed by atoms with Crippen LogP contribution >= 0.6 is 0 Å². The number of aromatic amines is 1. The van der Waals surface area contributed by atoms with Crippen LogP contribution in [0.1, 0.15) is 37.8 Å². The second-order valence-electron chi connectivity index (χ2n) is 6.89. The lowest BCUT2D eigenvalue weighted by molar-refractivity contribution is -0.127. The number of hydrogen-bond acceptors (Lipinski definition) is 2. The molecule has 3 rings (SSSR count). The first-order chi connectivity index (χ1) is 12.5. The molecule has 4 heteroatoms. The van der Waals surface area contributed by atoms with Crippen molar-refractivity contribution >= 4 is 16.8 Å². The molecule has 0 saturated heterocycles. The molecule has 0 spiro atoms. The summed E-state index contributed by atoms with van der Waals surface area (Å²) < 4.78 is 5.90. The van der Waals surface area contributed by atoms with Crippen molar-refractivity contribution in [1.29, 1.82) is 0 Å². The molecule has 1 aromatic heterocycles. The normalized spacial score (nSPS) is 12.3. The standard InChI is InChI=1S/C22H26N2O2/c1-15(2)19-6-4-5-7-21(19)26-16(3)22(25)24-12-10-17-8-9-20-18(14-17)11-13-23-20/h4-9,11,13-16,23H,10,12H2,1-3H3,(H,24,25). The van der Waals surface area contributed by atoms with E-state index in [4.69, 9.17) is 4.74 Å². The molecule has 1 amide bonds. The van der Waals surface area contributed by atoms with Gasteiger partial charge in [0.25, 0.3) is 5.91 Å². The first kappa shape index (κ1) is 18.1. The van der Waals surface area contributed by atoms with E-state index >= 15 is 0 Å². The van der Waals surface area contributed by atoms with Gasteiger partial charge in [0.1, 0.15) is 5.75 Å². The zero-order chi connectivity index (χ0) is 18.5. The number of carbonyl (C=O) groups excluding carboxylic acids is 1. The molecule has 0 saturated carbocycles. The number of carbonyl (C=O) groups is 1. The van der Waals surface area contributed by atoms with Gasteiger partial charge in [0.15, 0.2) is 6.10 Å². The number of hydrogen-bond donors (Lipinski definition) is 2. The molecule has 0 aliphatic heterocycles. The lowest BCUT2D eigenvalue weighted by atomic mass is 10.0. The van der Waals surface area contributed by atoms with E-state index in [1.54, 1.807) is 6.92 Å². The van der Waals surface area contributed by atoms with Crippen LogP contribution in [0.2, 0.25) is 0 Å². The molecule has 1 atom stereocenters. The first-order valence-electron chi connectivity index (χ1n) is 9.14.